The molecule has 1 saturated carbocycles. The van der Waals surface area contributed by atoms with E-state index in [9.17, 15) is 4.39 Å². The summed E-state index contributed by atoms with van der Waals surface area (Å²) in [7, 11) is 0. The van der Waals surface area contributed by atoms with Crippen molar-refractivity contribution in [2.45, 2.75) is 32.1 Å². The topological polar surface area (TPSA) is 0 Å². The molecule has 0 spiro atoms. The molecule has 1 aliphatic carbocycles. The van der Waals surface area contributed by atoms with Crippen molar-refractivity contribution in [3.8, 4) is 0 Å². The molecule has 88 valence electrons. The number of halogens is 3. The molecule has 0 amide bonds. The molecule has 0 saturated heterocycles. The van der Waals surface area contributed by atoms with Gasteiger partial charge in [-0.2, -0.15) is 0 Å². The summed E-state index contributed by atoms with van der Waals surface area (Å²) >= 11 is 12.5. The van der Waals surface area contributed by atoms with Crippen LogP contribution in [-0.4, -0.2) is 0 Å². The summed E-state index contributed by atoms with van der Waals surface area (Å²) in [5, 5.41) is 0.329. The van der Waals surface area contributed by atoms with Gasteiger partial charge in [0.05, 0.1) is 5.38 Å². The van der Waals surface area contributed by atoms with Crippen LogP contribution in [0.15, 0.2) is 12.1 Å². The molecule has 1 aromatic rings. The lowest BCUT2D eigenvalue weighted by molar-refractivity contribution is 0.490. The lowest BCUT2D eigenvalue weighted by Crippen LogP contribution is -2.07. The van der Waals surface area contributed by atoms with Gasteiger partial charge in [0.15, 0.2) is 0 Å². The van der Waals surface area contributed by atoms with Crippen molar-refractivity contribution in [2.75, 3.05) is 0 Å². The molecule has 0 radical (unpaired) electrons. The molecule has 0 nitrogen and oxygen atoms in total. The SMILES string of the molecule is Cc1cc(C(Cl)C(C)C2CC2)c(Cl)cc1F. The quantitative estimate of drug-likeness (QED) is 0.663. The van der Waals surface area contributed by atoms with Crippen molar-refractivity contribution in [2.24, 2.45) is 11.8 Å². The van der Waals surface area contributed by atoms with Gasteiger partial charge in [-0.15, -0.1) is 11.6 Å². The van der Waals surface area contributed by atoms with Gasteiger partial charge in [0.2, 0.25) is 0 Å². The molecule has 2 atom stereocenters. The predicted molar refractivity (Wildman–Crippen MR) is 66.6 cm³/mol. The van der Waals surface area contributed by atoms with Gasteiger partial charge in [-0.1, -0.05) is 24.6 Å². The summed E-state index contributed by atoms with van der Waals surface area (Å²) in [5.41, 5.74) is 1.47. The van der Waals surface area contributed by atoms with Crippen LogP contribution < -0.4 is 0 Å². The molecule has 0 aliphatic heterocycles. The lowest BCUT2D eigenvalue weighted by Gasteiger charge is -2.19. The predicted octanol–water partition coefficient (Wildman–Crippen LogP) is 5.11. The lowest BCUT2D eigenvalue weighted by atomic mass is 9.95. The minimum atomic E-state index is -0.267. The fourth-order valence-electron chi connectivity index (χ4n) is 2.04. The highest BCUT2D eigenvalue weighted by Gasteiger charge is 2.34. The second-order valence-corrected chi connectivity index (χ2v) is 5.60. The molecule has 2 unspecified atom stereocenters. The molecule has 3 heteroatoms. The summed E-state index contributed by atoms with van der Waals surface area (Å²) in [6.45, 7) is 3.88. The van der Waals surface area contributed by atoms with Gasteiger partial charge in [0, 0.05) is 5.02 Å². The summed E-state index contributed by atoms with van der Waals surface area (Å²) in [4.78, 5) is 0. The Balaban J connectivity index is 2.28. The smallest absolute Gasteiger partial charge is 0.127 e. The Morgan fingerprint density at radius 1 is 1.38 bits per heavy atom. The van der Waals surface area contributed by atoms with Gasteiger partial charge in [-0.05, 0) is 48.8 Å². The van der Waals surface area contributed by atoms with Crippen LogP contribution >= 0.6 is 23.2 Å². The third kappa shape index (κ3) is 2.36. The molecule has 0 heterocycles. The Bertz CT molecular complexity index is 399. The first-order valence-electron chi connectivity index (χ1n) is 5.60. The second-order valence-electron chi connectivity index (χ2n) is 4.72. The Morgan fingerprint density at radius 3 is 2.56 bits per heavy atom. The maximum Gasteiger partial charge on any atom is 0.127 e. The van der Waals surface area contributed by atoms with Crippen LogP contribution in [0.4, 0.5) is 4.39 Å². The van der Waals surface area contributed by atoms with Crippen LogP contribution in [-0.2, 0) is 0 Å². The van der Waals surface area contributed by atoms with E-state index >= 15 is 0 Å². The van der Waals surface area contributed by atoms with Gasteiger partial charge in [0.25, 0.3) is 0 Å². The number of benzene rings is 1. The van der Waals surface area contributed by atoms with Crippen LogP contribution in [0.2, 0.25) is 5.02 Å². The summed E-state index contributed by atoms with van der Waals surface area (Å²) < 4.78 is 13.3. The zero-order chi connectivity index (χ0) is 11.9. The molecule has 1 fully saturated rings. The van der Waals surface area contributed by atoms with Crippen LogP contribution in [0.25, 0.3) is 0 Å². The largest absolute Gasteiger partial charge is 0.207 e. The molecule has 0 bridgehead atoms. The third-order valence-corrected chi connectivity index (χ3v) is 4.36. The third-order valence-electron chi connectivity index (χ3n) is 3.40. The zero-order valence-electron chi connectivity index (χ0n) is 9.43. The van der Waals surface area contributed by atoms with Gasteiger partial charge >= 0.3 is 0 Å². The fraction of sp³-hybridized carbons (Fsp3) is 0.538. The van der Waals surface area contributed by atoms with Crippen LogP contribution in [0.3, 0.4) is 0 Å². The Labute approximate surface area is 106 Å². The number of hydrogen-bond acceptors (Lipinski definition) is 0. The van der Waals surface area contributed by atoms with Crippen LogP contribution in [0, 0.1) is 24.6 Å². The average molecular weight is 261 g/mol. The van der Waals surface area contributed by atoms with Gasteiger partial charge in [0.1, 0.15) is 5.82 Å². The molecule has 1 aliphatic rings. The highest BCUT2D eigenvalue weighted by Crippen LogP contribution is 2.46. The van der Waals surface area contributed by atoms with E-state index in [1.807, 2.05) is 0 Å². The van der Waals surface area contributed by atoms with Crippen LogP contribution in [0.5, 0.6) is 0 Å². The van der Waals surface area contributed by atoms with Crippen molar-refractivity contribution < 1.29 is 4.39 Å². The van der Waals surface area contributed by atoms with E-state index in [0.29, 0.717) is 22.4 Å². The van der Waals surface area contributed by atoms with Crippen molar-refractivity contribution in [3.05, 3.63) is 34.1 Å². The van der Waals surface area contributed by atoms with E-state index in [-0.39, 0.29) is 11.2 Å². The fourth-order valence-corrected chi connectivity index (χ4v) is 2.75. The van der Waals surface area contributed by atoms with Gasteiger partial charge < -0.3 is 0 Å². The molecule has 0 aromatic heterocycles. The Hall–Kier alpha value is -0.270. The summed E-state index contributed by atoms with van der Waals surface area (Å²) in [6, 6.07) is 3.13. The van der Waals surface area contributed by atoms with E-state index in [2.05, 4.69) is 6.92 Å². The Morgan fingerprint density at radius 2 is 2.00 bits per heavy atom. The minimum Gasteiger partial charge on any atom is -0.207 e. The van der Waals surface area contributed by atoms with Crippen molar-refractivity contribution in [3.63, 3.8) is 0 Å². The minimum absolute atomic E-state index is 0.112. The van der Waals surface area contributed by atoms with E-state index in [0.717, 1.165) is 5.56 Å². The summed E-state index contributed by atoms with van der Waals surface area (Å²) in [5.74, 6) is 0.852. The Kier molecular flexibility index (Phi) is 3.46. The maximum atomic E-state index is 13.3. The standard InChI is InChI=1S/C13H15Cl2F/c1-7-5-10(11(14)6-12(7)16)13(15)8(2)9-3-4-9/h5-6,8-9,13H,3-4H2,1-2H3. The molecule has 2 rings (SSSR count). The molecular weight excluding hydrogens is 246 g/mol. The molecule has 16 heavy (non-hydrogen) atoms. The number of hydrogen-bond donors (Lipinski definition) is 0. The highest BCUT2D eigenvalue weighted by molar-refractivity contribution is 6.32. The van der Waals surface area contributed by atoms with Crippen molar-refractivity contribution >= 4 is 23.2 Å². The van der Waals surface area contributed by atoms with Gasteiger partial charge in [-0.25, -0.2) is 4.39 Å². The van der Waals surface area contributed by atoms with E-state index in [4.69, 9.17) is 23.2 Å². The number of rotatable bonds is 3. The number of aryl methyl sites for hydroxylation is 1. The van der Waals surface area contributed by atoms with E-state index in [1.54, 1.807) is 13.0 Å². The first-order chi connectivity index (χ1) is 7.50. The van der Waals surface area contributed by atoms with Crippen molar-refractivity contribution in [1.82, 2.24) is 0 Å². The van der Waals surface area contributed by atoms with Crippen molar-refractivity contribution in [1.29, 1.82) is 0 Å². The molecule has 0 N–H and O–H groups in total. The number of alkyl halides is 1. The normalized spacial score (nSPS) is 19.6. The highest BCUT2D eigenvalue weighted by atomic mass is 35.5. The maximum absolute atomic E-state index is 13.3. The van der Waals surface area contributed by atoms with E-state index < -0.39 is 0 Å². The summed E-state index contributed by atoms with van der Waals surface area (Å²) in [6.07, 6.45) is 2.50. The monoisotopic (exact) mass is 260 g/mol. The van der Waals surface area contributed by atoms with E-state index in [1.165, 1.54) is 18.9 Å². The van der Waals surface area contributed by atoms with Crippen LogP contribution in [0.1, 0.15) is 36.3 Å². The average Bonchev–Trinajstić information content (AvgIpc) is 3.05. The first-order valence-corrected chi connectivity index (χ1v) is 6.41. The second kappa shape index (κ2) is 4.54. The zero-order valence-corrected chi connectivity index (χ0v) is 10.9. The molecule has 1 aromatic carbocycles. The molecular formula is C13H15Cl2F. The van der Waals surface area contributed by atoms with Gasteiger partial charge in [-0.3, -0.25) is 0 Å². The first kappa shape index (κ1) is 12.2.